The standard InChI is InChI=1S/C14H22BrNOS/c15-11-8-12-1-2-13(9-11)16(12)14(17)7-10-3-5-18-6-4-10/h10-13H,1-9H2. The highest BCUT2D eigenvalue weighted by molar-refractivity contribution is 9.09. The second kappa shape index (κ2) is 5.74. The molecule has 3 fully saturated rings. The summed E-state index contributed by atoms with van der Waals surface area (Å²) < 4.78 is 0. The van der Waals surface area contributed by atoms with Gasteiger partial charge in [0.25, 0.3) is 0 Å². The van der Waals surface area contributed by atoms with Gasteiger partial charge < -0.3 is 4.90 Å². The number of alkyl halides is 1. The first kappa shape index (κ1) is 13.3. The Bertz CT molecular complexity index is 305. The first-order valence-electron chi connectivity index (χ1n) is 7.27. The molecule has 3 rings (SSSR count). The fraction of sp³-hybridized carbons (Fsp3) is 0.929. The van der Waals surface area contributed by atoms with Crippen molar-refractivity contribution in [1.82, 2.24) is 4.90 Å². The van der Waals surface area contributed by atoms with E-state index in [-0.39, 0.29) is 0 Å². The molecule has 0 N–H and O–H groups in total. The first-order valence-corrected chi connectivity index (χ1v) is 9.34. The maximum atomic E-state index is 12.5. The van der Waals surface area contributed by atoms with Gasteiger partial charge in [-0.1, -0.05) is 15.9 Å². The molecule has 0 aromatic rings. The van der Waals surface area contributed by atoms with Crippen molar-refractivity contribution in [3.05, 3.63) is 0 Å². The van der Waals surface area contributed by atoms with Crippen molar-refractivity contribution in [3.8, 4) is 0 Å². The van der Waals surface area contributed by atoms with E-state index in [4.69, 9.17) is 0 Å². The van der Waals surface area contributed by atoms with Gasteiger partial charge in [0.05, 0.1) is 0 Å². The Morgan fingerprint density at radius 1 is 1.11 bits per heavy atom. The third-order valence-electron chi connectivity index (χ3n) is 4.77. The number of piperidine rings is 1. The summed E-state index contributed by atoms with van der Waals surface area (Å²) in [4.78, 5) is 15.4. The summed E-state index contributed by atoms with van der Waals surface area (Å²) in [6.07, 6.45) is 8.13. The van der Waals surface area contributed by atoms with Crippen LogP contribution < -0.4 is 0 Å². The minimum atomic E-state index is 0.457. The van der Waals surface area contributed by atoms with Crippen molar-refractivity contribution in [1.29, 1.82) is 0 Å². The highest BCUT2D eigenvalue weighted by Crippen LogP contribution is 2.39. The lowest BCUT2D eigenvalue weighted by atomic mass is 9.96. The molecule has 0 aromatic carbocycles. The van der Waals surface area contributed by atoms with Crippen molar-refractivity contribution in [2.24, 2.45) is 5.92 Å². The summed E-state index contributed by atoms with van der Waals surface area (Å²) in [5.41, 5.74) is 0. The van der Waals surface area contributed by atoms with Crippen LogP contribution in [0.4, 0.5) is 0 Å². The molecule has 2 unspecified atom stereocenters. The van der Waals surface area contributed by atoms with Gasteiger partial charge in [-0.3, -0.25) is 4.79 Å². The van der Waals surface area contributed by atoms with Crippen LogP contribution in [-0.4, -0.2) is 39.2 Å². The Morgan fingerprint density at radius 3 is 2.33 bits per heavy atom. The average Bonchev–Trinajstić information content (AvgIpc) is 2.63. The largest absolute Gasteiger partial charge is 0.337 e. The van der Waals surface area contributed by atoms with Gasteiger partial charge in [-0.25, -0.2) is 0 Å². The number of hydrogen-bond donors (Lipinski definition) is 0. The molecule has 3 saturated heterocycles. The lowest BCUT2D eigenvalue weighted by Gasteiger charge is -2.38. The Balaban J connectivity index is 1.59. The summed E-state index contributed by atoms with van der Waals surface area (Å²) in [5, 5.41) is 0. The lowest BCUT2D eigenvalue weighted by molar-refractivity contribution is -0.136. The summed E-state index contributed by atoms with van der Waals surface area (Å²) in [7, 11) is 0. The van der Waals surface area contributed by atoms with Gasteiger partial charge in [0.15, 0.2) is 0 Å². The van der Waals surface area contributed by atoms with Crippen molar-refractivity contribution < 1.29 is 4.79 Å². The molecule has 2 atom stereocenters. The summed E-state index contributed by atoms with van der Waals surface area (Å²) in [6, 6.07) is 1.08. The zero-order valence-electron chi connectivity index (χ0n) is 10.8. The van der Waals surface area contributed by atoms with Gasteiger partial charge in [0, 0.05) is 23.3 Å². The molecule has 18 heavy (non-hydrogen) atoms. The second-order valence-electron chi connectivity index (χ2n) is 6.01. The molecule has 0 spiro atoms. The van der Waals surface area contributed by atoms with E-state index in [9.17, 15) is 4.79 Å². The topological polar surface area (TPSA) is 20.3 Å². The molecule has 0 aliphatic carbocycles. The predicted octanol–water partition coefficient (Wildman–Crippen LogP) is 3.44. The van der Waals surface area contributed by atoms with Gasteiger partial charge >= 0.3 is 0 Å². The summed E-state index contributed by atoms with van der Waals surface area (Å²) in [5.74, 6) is 3.64. The molecule has 2 nitrogen and oxygen atoms in total. The molecule has 0 saturated carbocycles. The molecule has 3 aliphatic heterocycles. The SMILES string of the molecule is O=C(CC1CCSCC1)N1C2CCC1CC(Br)C2. The molecule has 0 aromatic heterocycles. The fourth-order valence-electron chi connectivity index (χ4n) is 3.82. The number of fused-ring (bicyclic) bond motifs is 2. The van der Waals surface area contributed by atoms with Crippen LogP contribution in [0.3, 0.4) is 0 Å². The molecule has 2 bridgehead atoms. The monoisotopic (exact) mass is 331 g/mol. The highest BCUT2D eigenvalue weighted by Gasteiger charge is 2.42. The van der Waals surface area contributed by atoms with E-state index in [1.165, 1.54) is 50.0 Å². The van der Waals surface area contributed by atoms with E-state index in [0.717, 1.165) is 6.42 Å². The van der Waals surface area contributed by atoms with Crippen LogP contribution in [0.15, 0.2) is 0 Å². The Hall–Kier alpha value is 0.300. The van der Waals surface area contributed by atoms with Crippen molar-refractivity contribution >= 4 is 33.6 Å². The minimum Gasteiger partial charge on any atom is -0.337 e. The smallest absolute Gasteiger partial charge is 0.223 e. The van der Waals surface area contributed by atoms with Crippen molar-refractivity contribution in [2.75, 3.05) is 11.5 Å². The maximum absolute atomic E-state index is 12.5. The van der Waals surface area contributed by atoms with Crippen LogP contribution in [0.25, 0.3) is 0 Å². The highest BCUT2D eigenvalue weighted by atomic mass is 79.9. The number of halogens is 1. The number of carbonyl (C=O) groups is 1. The van der Waals surface area contributed by atoms with Gasteiger partial charge in [0.2, 0.25) is 5.91 Å². The zero-order valence-corrected chi connectivity index (χ0v) is 13.2. The number of rotatable bonds is 2. The number of hydrogen-bond acceptors (Lipinski definition) is 2. The Kier molecular flexibility index (Phi) is 4.24. The normalized spacial score (nSPS) is 36.9. The number of thioether (sulfide) groups is 1. The quantitative estimate of drug-likeness (QED) is 0.722. The second-order valence-corrected chi connectivity index (χ2v) is 8.53. The average molecular weight is 332 g/mol. The summed E-state index contributed by atoms with van der Waals surface area (Å²) >= 11 is 5.79. The predicted molar refractivity (Wildman–Crippen MR) is 80.3 cm³/mol. The van der Waals surface area contributed by atoms with Crippen LogP contribution >= 0.6 is 27.7 Å². The van der Waals surface area contributed by atoms with Crippen LogP contribution in [0.1, 0.15) is 44.9 Å². The lowest BCUT2D eigenvalue weighted by Crippen LogP contribution is -2.47. The Labute approximate surface area is 122 Å². The Morgan fingerprint density at radius 2 is 1.72 bits per heavy atom. The van der Waals surface area contributed by atoms with Crippen molar-refractivity contribution in [2.45, 2.75) is 61.9 Å². The van der Waals surface area contributed by atoms with Gasteiger partial charge in [0.1, 0.15) is 0 Å². The maximum Gasteiger partial charge on any atom is 0.223 e. The van der Waals surface area contributed by atoms with Crippen LogP contribution in [0.5, 0.6) is 0 Å². The third-order valence-corrected chi connectivity index (χ3v) is 6.56. The molecular formula is C14H22BrNOS. The zero-order chi connectivity index (χ0) is 12.5. The number of amides is 1. The van der Waals surface area contributed by atoms with E-state index in [0.29, 0.717) is 28.7 Å². The van der Waals surface area contributed by atoms with Crippen molar-refractivity contribution in [3.63, 3.8) is 0 Å². The third kappa shape index (κ3) is 2.74. The van der Waals surface area contributed by atoms with E-state index < -0.39 is 0 Å². The van der Waals surface area contributed by atoms with Crippen LogP contribution in [-0.2, 0) is 4.79 Å². The van der Waals surface area contributed by atoms with Gasteiger partial charge in [-0.2, -0.15) is 11.8 Å². The van der Waals surface area contributed by atoms with E-state index in [2.05, 4.69) is 20.8 Å². The molecule has 4 heteroatoms. The summed E-state index contributed by atoms with van der Waals surface area (Å²) in [6.45, 7) is 0. The molecule has 0 radical (unpaired) electrons. The van der Waals surface area contributed by atoms with Crippen LogP contribution in [0.2, 0.25) is 0 Å². The van der Waals surface area contributed by atoms with Crippen LogP contribution in [0, 0.1) is 5.92 Å². The van der Waals surface area contributed by atoms with Gasteiger partial charge in [-0.15, -0.1) is 0 Å². The molecule has 1 amide bonds. The molecule has 102 valence electrons. The number of nitrogens with zero attached hydrogens (tertiary/aromatic N) is 1. The fourth-order valence-corrected chi connectivity index (χ4v) is 5.89. The molecule has 3 aliphatic rings. The van der Waals surface area contributed by atoms with E-state index in [1.807, 2.05) is 11.8 Å². The number of carbonyl (C=O) groups excluding carboxylic acids is 1. The first-order chi connectivity index (χ1) is 8.74. The van der Waals surface area contributed by atoms with E-state index in [1.54, 1.807) is 0 Å². The molecular weight excluding hydrogens is 310 g/mol. The minimum absolute atomic E-state index is 0.457. The van der Waals surface area contributed by atoms with Gasteiger partial charge in [-0.05, 0) is 55.9 Å². The van der Waals surface area contributed by atoms with E-state index >= 15 is 0 Å². The molecule has 3 heterocycles.